The highest BCUT2D eigenvalue weighted by Crippen LogP contribution is 2.24. The molecule has 2 aromatic carbocycles. The lowest BCUT2D eigenvalue weighted by molar-refractivity contribution is 0.101. The standard InChI is InChI=1S/C16H15FO2S/c1-11-6-7-16(19-2)14(8-11)15(18)10-20-13-5-3-4-12(17)9-13/h3-9H,10H2,1-2H3. The van der Waals surface area contributed by atoms with Gasteiger partial charge in [0.2, 0.25) is 0 Å². The van der Waals surface area contributed by atoms with Crippen molar-refractivity contribution in [3.05, 3.63) is 59.4 Å². The van der Waals surface area contributed by atoms with Crippen molar-refractivity contribution in [2.75, 3.05) is 12.9 Å². The van der Waals surface area contributed by atoms with E-state index in [2.05, 4.69) is 0 Å². The Bertz CT molecular complexity index is 626. The van der Waals surface area contributed by atoms with Gasteiger partial charge in [-0.2, -0.15) is 0 Å². The fourth-order valence-electron chi connectivity index (χ4n) is 1.82. The predicted octanol–water partition coefficient (Wildman–Crippen LogP) is 4.12. The fraction of sp³-hybridized carbons (Fsp3) is 0.188. The van der Waals surface area contributed by atoms with Crippen LogP contribution < -0.4 is 4.74 Å². The predicted molar refractivity (Wildman–Crippen MR) is 79.2 cm³/mol. The van der Waals surface area contributed by atoms with Crippen LogP contribution in [0.4, 0.5) is 4.39 Å². The third-order valence-electron chi connectivity index (χ3n) is 2.82. The minimum Gasteiger partial charge on any atom is -0.496 e. The molecule has 2 rings (SSSR count). The lowest BCUT2D eigenvalue weighted by Gasteiger charge is -2.08. The van der Waals surface area contributed by atoms with E-state index in [1.807, 2.05) is 19.1 Å². The van der Waals surface area contributed by atoms with Crippen LogP contribution in [0.5, 0.6) is 5.75 Å². The summed E-state index contributed by atoms with van der Waals surface area (Å²) in [5.74, 6) is 0.499. The summed E-state index contributed by atoms with van der Waals surface area (Å²) in [4.78, 5) is 13.0. The second-order valence-corrected chi connectivity index (χ2v) is 5.42. The maximum atomic E-state index is 13.1. The second kappa shape index (κ2) is 6.57. The third-order valence-corrected chi connectivity index (χ3v) is 3.82. The molecule has 0 N–H and O–H groups in total. The number of hydrogen-bond donors (Lipinski definition) is 0. The summed E-state index contributed by atoms with van der Waals surface area (Å²) >= 11 is 1.32. The normalized spacial score (nSPS) is 10.3. The molecule has 0 aliphatic carbocycles. The van der Waals surface area contributed by atoms with Crippen LogP contribution in [-0.4, -0.2) is 18.6 Å². The Balaban J connectivity index is 2.10. The van der Waals surface area contributed by atoms with Gasteiger partial charge in [-0.25, -0.2) is 4.39 Å². The molecule has 0 bridgehead atoms. The Morgan fingerprint density at radius 1 is 1.25 bits per heavy atom. The van der Waals surface area contributed by atoms with Crippen LogP contribution >= 0.6 is 11.8 Å². The van der Waals surface area contributed by atoms with Gasteiger partial charge in [0.05, 0.1) is 18.4 Å². The Morgan fingerprint density at radius 2 is 2.05 bits per heavy atom. The number of benzene rings is 2. The highest BCUT2D eigenvalue weighted by Gasteiger charge is 2.13. The van der Waals surface area contributed by atoms with E-state index in [1.54, 1.807) is 25.3 Å². The zero-order valence-corrected chi connectivity index (χ0v) is 12.2. The van der Waals surface area contributed by atoms with Crippen molar-refractivity contribution in [3.8, 4) is 5.75 Å². The topological polar surface area (TPSA) is 26.3 Å². The summed E-state index contributed by atoms with van der Waals surface area (Å²) < 4.78 is 18.3. The van der Waals surface area contributed by atoms with Gasteiger partial charge < -0.3 is 4.74 Å². The molecule has 0 spiro atoms. The average Bonchev–Trinajstić information content (AvgIpc) is 2.45. The van der Waals surface area contributed by atoms with E-state index >= 15 is 0 Å². The van der Waals surface area contributed by atoms with Crippen molar-refractivity contribution in [1.29, 1.82) is 0 Å². The molecular weight excluding hydrogens is 275 g/mol. The smallest absolute Gasteiger partial charge is 0.176 e. The quantitative estimate of drug-likeness (QED) is 0.612. The van der Waals surface area contributed by atoms with Gasteiger partial charge >= 0.3 is 0 Å². The lowest BCUT2D eigenvalue weighted by Crippen LogP contribution is -2.05. The van der Waals surface area contributed by atoms with E-state index in [9.17, 15) is 9.18 Å². The molecule has 0 radical (unpaired) electrons. The van der Waals surface area contributed by atoms with E-state index in [1.165, 1.54) is 23.9 Å². The van der Waals surface area contributed by atoms with Crippen molar-refractivity contribution in [2.45, 2.75) is 11.8 Å². The molecule has 0 aliphatic heterocycles. The van der Waals surface area contributed by atoms with Crippen molar-refractivity contribution in [2.24, 2.45) is 0 Å². The summed E-state index contributed by atoms with van der Waals surface area (Å²) in [6.45, 7) is 1.93. The molecule has 0 heterocycles. The SMILES string of the molecule is COc1ccc(C)cc1C(=O)CSc1cccc(F)c1. The van der Waals surface area contributed by atoms with Crippen molar-refractivity contribution in [3.63, 3.8) is 0 Å². The molecule has 0 fully saturated rings. The molecule has 104 valence electrons. The molecule has 0 saturated carbocycles. The molecule has 0 aliphatic rings. The monoisotopic (exact) mass is 290 g/mol. The zero-order chi connectivity index (χ0) is 14.5. The number of aryl methyl sites for hydroxylation is 1. The van der Waals surface area contributed by atoms with Crippen LogP contribution in [0.15, 0.2) is 47.4 Å². The molecular formula is C16H15FO2S. The van der Waals surface area contributed by atoms with Crippen LogP contribution in [-0.2, 0) is 0 Å². The molecule has 0 amide bonds. The van der Waals surface area contributed by atoms with Gasteiger partial charge in [0.1, 0.15) is 11.6 Å². The van der Waals surface area contributed by atoms with Crippen molar-refractivity contribution < 1.29 is 13.9 Å². The van der Waals surface area contributed by atoms with Gasteiger partial charge in [-0.3, -0.25) is 4.79 Å². The Kier molecular flexibility index (Phi) is 4.79. The van der Waals surface area contributed by atoms with E-state index in [0.717, 1.165) is 10.5 Å². The number of thioether (sulfide) groups is 1. The fourth-order valence-corrected chi connectivity index (χ4v) is 2.65. The number of halogens is 1. The maximum Gasteiger partial charge on any atom is 0.176 e. The Labute approximate surface area is 122 Å². The highest BCUT2D eigenvalue weighted by molar-refractivity contribution is 8.00. The second-order valence-electron chi connectivity index (χ2n) is 4.37. The van der Waals surface area contributed by atoms with E-state index in [4.69, 9.17) is 4.74 Å². The van der Waals surface area contributed by atoms with E-state index in [0.29, 0.717) is 11.3 Å². The molecule has 0 atom stereocenters. The van der Waals surface area contributed by atoms with Gasteiger partial charge in [0, 0.05) is 4.90 Å². The first-order valence-electron chi connectivity index (χ1n) is 6.16. The number of ether oxygens (including phenoxy) is 1. The largest absolute Gasteiger partial charge is 0.496 e. The molecule has 0 saturated heterocycles. The molecule has 2 nitrogen and oxygen atoms in total. The average molecular weight is 290 g/mol. The van der Waals surface area contributed by atoms with Crippen LogP contribution in [0.3, 0.4) is 0 Å². The maximum absolute atomic E-state index is 13.1. The van der Waals surface area contributed by atoms with E-state index in [-0.39, 0.29) is 17.4 Å². The summed E-state index contributed by atoms with van der Waals surface area (Å²) in [5.41, 5.74) is 1.57. The van der Waals surface area contributed by atoms with E-state index < -0.39 is 0 Å². The summed E-state index contributed by atoms with van der Waals surface area (Å²) in [7, 11) is 1.54. The van der Waals surface area contributed by atoms with Gasteiger partial charge in [0.15, 0.2) is 5.78 Å². The van der Waals surface area contributed by atoms with Gasteiger partial charge in [-0.15, -0.1) is 11.8 Å². The summed E-state index contributed by atoms with van der Waals surface area (Å²) in [6, 6.07) is 11.7. The first-order chi connectivity index (χ1) is 9.60. The molecule has 4 heteroatoms. The highest BCUT2D eigenvalue weighted by atomic mass is 32.2. The van der Waals surface area contributed by atoms with Gasteiger partial charge in [-0.05, 0) is 37.3 Å². The number of ketones is 1. The van der Waals surface area contributed by atoms with Crippen LogP contribution in [0.25, 0.3) is 0 Å². The lowest BCUT2D eigenvalue weighted by atomic mass is 10.1. The summed E-state index contributed by atoms with van der Waals surface area (Å²) in [6.07, 6.45) is 0. The minimum absolute atomic E-state index is 0.0280. The number of hydrogen-bond acceptors (Lipinski definition) is 3. The summed E-state index contributed by atoms with van der Waals surface area (Å²) in [5, 5.41) is 0. The number of carbonyl (C=O) groups excluding carboxylic acids is 1. The number of Topliss-reactive ketones (excluding diaryl/α,β-unsaturated/α-hetero) is 1. The van der Waals surface area contributed by atoms with Gasteiger partial charge in [-0.1, -0.05) is 17.7 Å². The molecule has 0 unspecified atom stereocenters. The Morgan fingerprint density at radius 3 is 2.75 bits per heavy atom. The number of methoxy groups -OCH3 is 1. The van der Waals surface area contributed by atoms with Crippen LogP contribution in [0.1, 0.15) is 15.9 Å². The first kappa shape index (κ1) is 14.6. The molecule has 0 aromatic heterocycles. The van der Waals surface area contributed by atoms with Gasteiger partial charge in [0.25, 0.3) is 0 Å². The molecule has 20 heavy (non-hydrogen) atoms. The Hall–Kier alpha value is -1.81. The number of rotatable bonds is 5. The van der Waals surface area contributed by atoms with Crippen molar-refractivity contribution in [1.82, 2.24) is 0 Å². The minimum atomic E-state index is -0.296. The first-order valence-corrected chi connectivity index (χ1v) is 7.15. The zero-order valence-electron chi connectivity index (χ0n) is 11.4. The van der Waals surface area contributed by atoms with Crippen molar-refractivity contribution >= 4 is 17.5 Å². The molecule has 2 aromatic rings. The van der Waals surface area contributed by atoms with Crippen LogP contribution in [0, 0.1) is 12.7 Å². The van der Waals surface area contributed by atoms with Crippen LogP contribution in [0.2, 0.25) is 0 Å². The number of carbonyl (C=O) groups is 1. The third kappa shape index (κ3) is 3.61.